The second-order valence-electron chi connectivity index (χ2n) is 2.85. The molecule has 14 heavy (non-hydrogen) atoms. The molecule has 1 rings (SSSR count). The lowest BCUT2D eigenvalue weighted by molar-refractivity contribution is -0.114. The minimum atomic E-state index is -0.195. The van der Waals surface area contributed by atoms with Gasteiger partial charge in [0.25, 0.3) is 0 Å². The van der Waals surface area contributed by atoms with Gasteiger partial charge in [0, 0.05) is 12.5 Å². The Morgan fingerprint density at radius 3 is 2.71 bits per heavy atom. The molecular weight excluding hydrogens is 178 g/mol. The van der Waals surface area contributed by atoms with Crippen molar-refractivity contribution in [3.05, 3.63) is 35.9 Å². The summed E-state index contributed by atoms with van der Waals surface area (Å²) >= 11 is 0. The Morgan fingerprint density at radius 1 is 1.50 bits per heavy atom. The van der Waals surface area contributed by atoms with Crippen molar-refractivity contribution in [1.82, 2.24) is 0 Å². The van der Waals surface area contributed by atoms with E-state index < -0.39 is 0 Å². The van der Waals surface area contributed by atoms with Crippen molar-refractivity contribution < 1.29 is 9.59 Å². The number of amides is 1. The fourth-order valence-corrected chi connectivity index (χ4v) is 1.11. The molecule has 72 valence electrons. The van der Waals surface area contributed by atoms with Crippen molar-refractivity contribution in [3.63, 3.8) is 0 Å². The number of carbonyl (C=O) groups excluding carboxylic acids is 2. The summed E-state index contributed by atoms with van der Waals surface area (Å²) in [5, 5.41) is 2.57. The van der Waals surface area contributed by atoms with E-state index in [1.807, 2.05) is 0 Å². The van der Waals surface area contributed by atoms with Crippen LogP contribution in [-0.4, -0.2) is 12.2 Å². The Morgan fingerprint density at radius 2 is 2.21 bits per heavy atom. The first-order chi connectivity index (χ1) is 6.67. The Labute approximate surface area is 82.4 Å². The van der Waals surface area contributed by atoms with E-state index in [0.29, 0.717) is 17.5 Å². The van der Waals surface area contributed by atoms with Crippen LogP contribution in [0.4, 0.5) is 5.69 Å². The van der Waals surface area contributed by atoms with Crippen LogP contribution in [-0.2, 0) is 4.79 Å². The Balaban J connectivity index is 3.10. The molecule has 1 amide bonds. The molecule has 0 heterocycles. The van der Waals surface area contributed by atoms with Crippen LogP contribution in [0.25, 0.3) is 6.08 Å². The second kappa shape index (κ2) is 4.37. The number of aldehydes is 1. The van der Waals surface area contributed by atoms with Crippen LogP contribution in [0.1, 0.15) is 22.8 Å². The predicted octanol–water partition coefficient (Wildman–Crippen LogP) is 2.10. The highest BCUT2D eigenvalue weighted by molar-refractivity contribution is 5.95. The number of rotatable bonds is 3. The van der Waals surface area contributed by atoms with Crippen LogP contribution >= 0.6 is 0 Å². The van der Waals surface area contributed by atoms with Crippen molar-refractivity contribution in [1.29, 1.82) is 0 Å². The zero-order valence-corrected chi connectivity index (χ0v) is 7.91. The van der Waals surface area contributed by atoms with Crippen LogP contribution in [0.15, 0.2) is 24.8 Å². The number of carbonyl (C=O) groups is 2. The minimum Gasteiger partial charge on any atom is -0.326 e. The monoisotopic (exact) mass is 189 g/mol. The van der Waals surface area contributed by atoms with Gasteiger partial charge in [0.05, 0.1) is 5.69 Å². The average Bonchev–Trinajstić information content (AvgIpc) is 2.17. The van der Waals surface area contributed by atoms with E-state index in [4.69, 9.17) is 0 Å². The van der Waals surface area contributed by atoms with Gasteiger partial charge < -0.3 is 5.32 Å². The van der Waals surface area contributed by atoms with Gasteiger partial charge >= 0.3 is 0 Å². The summed E-state index contributed by atoms with van der Waals surface area (Å²) in [6, 6.07) is 5.14. The van der Waals surface area contributed by atoms with Crippen LogP contribution < -0.4 is 5.32 Å². The zero-order chi connectivity index (χ0) is 10.6. The molecule has 0 fully saturated rings. The molecule has 0 aromatic heterocycles. The van der Waals surface area contributed by atoms with Crippen molar-refractivity contribution in [3.8, 4) is 0 Å². The summed E-state index contributed by atoms with van der Waals surface area (Å²) in [5.41, 5.74) is 1.83. The molecule has 0 atom stereocenters. The normalized spacial score (nSPS) is 9.21. The molecule has 0 aliphatic carbocycles. The Kier molecular flexibility index (Phi) is 3.18. The summed E-state index contributed by atoms with van der Waals surface area (Å²) in [4.78, 5) is 21.5. The standard InChI is InChI=1S/C11H11NO2/c1-3-9-4-5-11(12-8(2)14)10(6-9)7-13/h3-7H,1H2,2H3,(H,12,14). The minimum absolute atomic E-state index is 0.195. The molecule has 0 saturated carbocycles. The van der Waals surface area contributed by atoms with Crippen LogP contribution in [0.5, 0.6) is 0 Å². The van der Waals surface area contributed by atoms with Gasteiger partial charge in [-0.2, -0.15) is 0 Å². The molecule has 1 N–H and O–H groups in total. The van der Waals surface area contributed by atoms with E-state index in [1.54, 1.807) is 24.3 Å². The van der Waals surface area contributed by atoms with E-state index in [2.05, 4.69) is 11.9 Å². The van der Waals surface area contributed by atoms with Gasteiger partial charge in [-0.15, -0.1) is 0 Å². The quantitative estimate of drug-likeness (QED) is 0.740. The lowest BCUT2D eigenvalue weighted by atomic mass is 10.1. The molecule has 1 aromatic carbocycles. The maximum atomic E-state index is 10.8. The van der Waals surface area contributed by atoms with Gasteiger partial charge in [-0.1, -0.05) is 18.7 Å². The molecule has 0 spiro atoms. The fraction of sp³-hybridized carbons (Fsp3) is 0.0909. The molecule has 3 nitrogen and oxygen atoms in total. The van der Waals surface area contributed by atoms with Gasteiger partial charge in [-0.05, 0) is 17.7 Å². The molecule has 0 aliphatic heterocycles. The molecule has 0 aliphatic rings. The SMILES string of the molecule is C=Cc1ccc(NC(C)=O)c(C=O)c1. The predicted molar refractivity (Wildman–Crippen MR) is 56.2 cm³/mol. The first-order valence-corrected chi connectivity index (χ1v) is 4.16. The fourth-order valence-electron chi connectivity index (χ4n) is 1.11. The van der Waals surface area contributed by atoms with Crippen molar-refractivity contribution in [2.45, 2.75) is 6.92 Å². The highest BCUT2D eigenvalue weighted by atomic mass is 16.1. The lowest BCUT2D eigenvalue weighted by Crippen LogP contribution is -2.07. The third-order valence-electron chi connectivity index (χ3n) is 1.75. The number of hydrogen-bond donors (Lipinski definition) is 1. The maximum absolute atomic E-state index is 10.8. The van der Waals surface area contributed by atoms with Crippen molar-refractivity contribution in [2.75, 3.05) is 5.32 Å². The average molecular weight is 189 g/mol. The molecule has 0 saturated heterocycles. The molecule has 3 heteroatoms. The highest BCUT2D eigenvalue weighted by Crippen LogP contribution is 2.16. The van der Waals surface area contributed by atoms with Crippen molar-refractivity contribution in [2.24, 2.45) is 0 Å². The summed E-state index contributed by atoms with van der Waals surface area (Å²) in [6.45, 7) is 4.99. The van der Waals surface area contributed by atoms with Gasteiger partial charge in [0.1, 0.15) is 0 Å². The van der Waals surface area contributed by atoms with Gasteiger partial charge in [-0.3, -0.25) is 9.59 Å². The lowest BCUT2D eigenvalue weighted by Gasteiger charge is -2.05. The second-order valence-corrected chi connectivity index (χ2v) is 2.85. The zero-order valence-electron chi connectivity index (χ0n) is 7.91. The van der Waals surface area contributed by atoms with E-state index >= 15 is 0 Å². The highest BCUT2D eigenvalue weighted by Gasteiger charge is 2.02. The Hall–Kier alpha value is -1.90. The summed E-state index contributed by atoms with van der Waals surface area (Å²) in [7, 11) is 0. The molecule has 0 bridgehead atoms. The van der Waals surface area contributed by atoms with Crippen LogP contribution in [0.3, 0.4) is 0 Å². The van der Waals surface area contributed by atoms with Gasteiger partial charge in [0.2, 0.25) is 5.91 Å². The number of benzene rings is 1. The number of hydrogen-bond acceptors (Lipinski definition) is 2. The van der Waals surface area contributed by atoms with Crippen LogP contribution in [0.2, 0.25) is 0 Å². The Bertz CT molecular complexity index is 383. The summed E-state index contributed by atoms with van der Waals surface area (Å²) in [5.74, 6) is -0.195. The largest absolute Gasteiger partial charge is 0.326 e. The van der Waals surface area contributed by atoms with Gasteiger partial charge in [0.15, 0.2) is 6.29 Å². The van der Waals surface area contributed by atoms with Gasteiger partial charge in [-0.25, -0.2) is 0 Å². The van der Waals surface area contributed by atoms with E-state index in [1.165, 1.54) is 6.92 Å². The van der Waals surface area contributed by atoms with E-state index in [-0.39, 0.29) is 5.91 Å². The molecule has 0 unspecified atom stereocenters. The molecule has 0 radical (unpaired) electrons. The maximum Gasteiger partial charge on any atom is 0.221 e. The smallest absolute Gasteiger partial charge is 0.221 e. The summed E-state index contributed by atoms with van der Waals surface area (Å²) in [6.07, 6.45) is 2.35. The number of anilines is 1. The first kappa shape index (κ1) is 10.2. The number of nitrogens with one attached hydrogen (secondary N) is 1. The molecular formula is C11H11NO2. The molecule has 1 aromatic rings. The van der Waals surface area contributed by atoms with E-state index in [0.717, 1.165) is 5.56 Å². The van der Waals surface area contributed by atoms with E-state index in [9.17, 15) is 9.59 Å². The van der Waals surface area contributed by atoms with Crippen molar-refractivity contribution >= 4 is 24.0 Å². The first-order valence-electron chi connectivity index (χ1n) is 4.16. The van der Waals surface area contributed by atoms with Crippen LogP contribution in [0, 0.1) is 0 Å². The third kappa shape index (κ3) is 2.29. The summed E-state index contributed by atoms with van der Waals surface area (Å²) < 4.78 is 0. The topological polar surface area (TPSA) is 46.2 Å². The third-order valence-corrected chi connectivity index (χ3v) is 1.75.